The van der Waals surface area contributed by atoms with Crippen LogP contribution in [0.25, 0.3) is 5.57 Å². The molecule has 3 aromatic carbocycles. The number of rotatable bonds is 4. The molecule has 0 radical (unpaired) electrons. The summed E-state index contributed by atoms with van der Waals surface area (Å²) >= 11 is 0. The number of aliphatic imine (C=N–C) groups is 1. The van der Waals surface area contributed by atoms with E-state index in [0.29, 0.717) is 0 Å². The molecule has 0 atom stereocenters. The Labute approximate surface area is 144 Å². The van der Waals surface area contributed by atoms with Crippen molar-refractivity contribution in [1.29, 1.82) is 0 Å². The smallest absolute Gasteiger partial charge is 0.0784 e. The maximum Gasteiger partial charge on any atom is 0.0784 e. The molecule has 3 aromatic rings. The fourth-order valence-corrected chi connectivity index (χ4v) is 2.74. The minimum Gasteiger partial charge on any atom is -0.248 e. The summed E-state index contributed by atoms with van der Waals surface area (Å²) < 4.78 is 0. The number of para-hydroxylation sites is 1. The second kappa shape index (κ2) is 7.56. The molecule has 0 aliphatic rings. The van der Waals surface area contributed by atoms with Gasteiger partial charge in [-0.3, -0.25) is 0 Å². The molecule has 3 rings (SSSR count). The van der Waals surface area contributed by atoms with Crippen molar-refractivity contribution in [2.75, 3.05) is 0 Å². The van der Waals surface area contributed by atoms with Crippen molar-refractivity contribution < 1.29 is 0 Å². The number of aryl methyl sites for hydroxylation is 1. The Morgan fingerprint density at radius 2 is 1.25 bits per heavy atom. The van der Waals surface area contributed by atoms with E-state index < -0.39 is 0 Å². The number of allylic oxidation sites excluding steroid dienone is 2. The molecule has 0 aromatic heterocycles. The number of benzene rings is 3. The van der Waals surface area contributed by atoms with E-state index in [9.17, 15) is 0 Å². The van der Waals surface area contributed by atoms with Gasteiger partial charge in [0.15, 0.2) is 0 Å². The Balaban J connectivity index is 2.18. The molecule has 0 heterocycles. The summed E-state index contributed by atoms with van der Waals surface area (Å²) in [5.41, 5.74) is 6.62. The lowest BCUT2D eigenvalue weighted by atomic mass is 9.95. The molecule has 0 saturated carbocycles. The predicted molar refractivity (Wildman–Crippen MR) is 104 cm³/mol. The van der Waals surface area contributed by atoms with E-state index in [0.717, 1.165) is 22.5 Å². The topological polar surface area (TPSA) is 12.4 Å². The van der Waals surface area contributed by atoms with E-state index in [4.69, 9.17) is 4.99 Å². The lowest BCUT2D eigenvalue weighted by Crippen LogP contribution is -2.04. The highest BCUT2D eigenvalue weighted by Crippen LogP contribution is 2.26. The Morgan fingerprint density at radius 1 is 0.708 bits per heavy atom. The highest BCUT2D eigenvalue weighted by Gasteiger charge is 2.12. The maximum absolute atomic E-state index is 5.02. The highest BCUT2D eigenvalue weighted by atomic mass is 14.8. The summed E-state index contributed by atoms with van der Waals surface area (Å²) in [6, 6.07) is 29.0. The standard InChI is InChI=1S/C23H21N/c1-3-21(19-13-6-4-7-14-19)23(20-15-8-5-9-16-20)24-22-17-11-10-12-18(22)2/h3-17H,1-2H3. The average Bonchev–Trinajstić information content (AvgIpc) is 2.65. The molecule has 0 bridgehead atoms. The SMILES string of the molecule is CC=C(C(=Nc1ccccc1C)c1ccccc1)c1ccccc1. The summed E-state index contributed by atoms with van der Waals surface area (Å²) in [7, 11) is 0. The van der Waals surface area contributed by atoms with Crippen LogP contribution < -0.4 is 0 Å². The van der Waals surface area contributed by atoms with Crippen LogP contribution in [0, 0.1) is 6.92 Å². The Morgan fingerprint density at radius 3 is 1.83 bits per heavy atom. The van der Waals surface area contributed by atoms with Crippen molar-refractivity contribution in [2.45, 2.75) is 13.8 Å². The fraction of sp³-hybridized carbons (Fsp3) is 0.0870. The van der Waals surface area contributed by atoms with Gasteiger partial charge in [-0.05, 0) is 31.0 Å². The van der Waals surface area contributed by atoms with Crippen molar-refractivity contribution in [3.63, 3.8) is 0 Å². The van der Waals surface area contributed by atoms with Gasteiger partial charge in [-0.25, -0.2) is 4.99 Å². The lowest BCUT2D eigenvalue weighted by Gasteiger charge is -2.13. The molecular formula is C23H21N. The van der Waals surface area contributed by atoms with Gasteiger partial charge in [0, 0.05) is 11.1 Å². The quantitative estimate of drug-likeness (QED) is 0.507. The summed E-state index contributed by atoms with van der Waals surface area (Å²) in [6.45, 7) is 4.16. The molecule has 0 aliphatic carbocycles. The maximum atomic E-state index is 5.02. The third kappa shape index (κ3) is 3.52. The van der Waals surface area contributed by atoms with Crippen LogP contribution in [0.3, 0.4) is 0 Å². The number of nitrogens with zero attached hydrogens (tertiary/aromatic N) is 1. The van der Waals surface area contributed by atoms with Crippen LogP contribution in [0.2, 0.25) is 0 Å². The summed E-state index contributed by atoms with van der Waals surface area (Å²) in [5.74, 6) is 0. The minimum absolute atomic E-state index is 0.999. The van der Waals surface area contributed by atoms with Gasteiger partial charge in [0.1, 0.15) is 0 Å². The van der Waals surface area contributed by atoms with Crippen molar-refractivity contribution in [2.24, 2.45) is 4.99 Å². The molecular weight excluding hydrogens is 290 g/mol. The molecule has 0 aliphatic heterocycles. The van der Waals surface area contributed by atoms with Gasteiger partial charge in [0.2, 0.25) is 0 Å². The molecule has 118 valence electrons. The van der Waals surface area contributed by atoms with Crippen LogP contribution in [-0.2, 0) is 0 Å². The lowest BCUT2D eigenvalue weighted by molar-refractivity contribution is 1.39. The van der Waals surface area contributed by atoms with E-state index in [1.54, 1.807) is 0 Å². The molecule has 0 fully saturated rings. The number of hydrogen-bond acceptors (Lipinski definition) is 1. The van der Waals surface area contributed by atoms with Gasteiger partial charge in [0.25, 0.3) is 0 Å². The van der Waals surface area contributed by atoms with Crippen LogP contribution >= 0.6 is 0 Å². The zero-order valence-electron chi connectivity index (χ0n) is 14.1. The van der Waals surface area contributed by atoms with Crippen LogP contribution in [0.1, 0.15) is 23.6 Å². The van der Waals surface area contributed by atoms with E-state index in [-0.39, 0.29) is 0 Å². The molecule has 1 heteroatoms. The van der Waals surface area contributed by atoms with Crippen molar-refractivity contribution in [3.05, 3.63) is 108 Å². The molecule has 0 amide bonds. The molecule has 24 heavy (non-hydrogen) atoms. The largest absolute Gasteiger partial charge is 0.248 e. The zero-order valence-corrected chi connectivity index (χ0v) is 14.1. The van der Waals surface area contributed by atoms with Crippen LogP contribution in [0.5, 0.6) is 0 Å². The molecule has 0 unspecified atom stereocenters. The Hall–Kier alpha value is -2.93. The minimum atomic E-state index is 0.999. The summed E-state index contributed by atoms with van der Waals surface area (Å²) in [6.07, 6.45) is 2.14. The summed E-state index contributed by atoms with van der Waals surface area (Å²) in [5, 5.41) is 0. The van der Waals surface area contributed by atoms with E-state index >= 15 is 0 Å². The van der Waals surface area contributed by atoms with Crippen molar-refractivity contribution >= 4 is 17.0 Å². The van der Waals surface area contributed by atoms with Crippen LogP contribution in [0.4, 0.5) is 5.69 Å². The van der Waals surface area contributed by atoms with Gasteiger partial charge >= 0.3 is 0 Å². The summed E-state index contributed by atoms with van der Waals surface area (Å²) in [4.78, 5) is 5.02. The van der Waals surface area contributed by atoms with E-state index in [1.807, 2.05) is 24.3 Å². The molecule has 1 nitrogen and oxygen atoms in total. The Kier molecular flexibility index (Phi) is 5.02. The van der Waals surface area contributed by atoms with E-state index in [2.05, 4.69) is 80.6 Å². The highest BCUT2D eigenvalue weighted by molar-refractivity contribution is 6.32. The molecule has 0 N–H and O–H groups in total. The van der Waals surface area contributed by atoms with Gasteiger partial charge < -0.3 is 0 Å². The second-order valence-electron chi connectivity index (χ2n) is 5.68. The normalized spacial score (nSPS) is 12.2. The first kappa shape index (κ1) is 15.9. The molecule has 0 spiro atoms. The van der Waals surface area contributed by atoms with Crippen LogP contribution in [-0.4, -0.2) is 5.71 Å². The third-order valence-electron chi connectivity index (χ3n) is 4.02. The third-order valence-corrected chi connectivity index (χ3v) is 4.02. The zero-order chi connectivity index (χ0) is 16.8. The monoisotopic (exact) mass is 311 g/mol. The predicted octanol–water partition coefficient (Wildman–Crippen LogP) is 6.22. The van der Waals surface area contributed by atoms with Crippen molar-refractivity contribution in [3.8, 4) is 0 Å². The number of hydrogen-bond donors (Lipinski definition) is 0. The van der Waals surface area contributed by atoms with E-state index in [1.165, 1.54) is 11.1 Å². The Bertz CT molecular complexity index is 859. The first-order valence-electron chi connectivity index (χ1n) is 8.21. The van der Waals surface area contributed by atoms with Crippen LogP contribution in [0.15, 0.2) is 96.0 Å². The van der Waals surface area contributed by atoms with Crippen molar-refractivity contribution in [1.82, 2.24) is 0 Å². The second-order valence-corrected chi connectivity index (χ2v) is 5.68. The average molecular weight is 311 g/mol. The first-order chi connectivity index (χ1) is 11.8. The van der Waals surface area contributed by atoms with Gasteiger partial charge in [-0.1, -0.05) is 84.9 Å². The van der Waals surface area contributed by atoms with Gasteiger partial charge in [-0.2, -0.15) is 0 Å². The van der Waals surface area contributed by atoms with Gasteiger partial charge in [-0.15, -0.1) is 0 Å². The first-order valence-corrected chi connectivity index (χ1v) is 8.21. The fourth-order valence-electron chi connectivity index (χ4n) is 2.74. The van der Waals surface area contributed by atoms with Gasteiger partial charge in [0.05, 0.1) is 11.4 Å². The molecule has 0 saturated heterocycles.